The van der Waals surface area contributed by atoms with Gasteiger partial charge in [-0.1, -0.05) is 18.0 Å². The van der Waals surface area contributed by atoms with Gasteiger partial charge in [0.2, 0.25) is 5.88 Å². The first-order chi connectivity index (χ1) is 10.4. The zero-order valence-electron chi connectivity index (χ0n) is 12.2. The van der Waals surface area contributed by atoms with Crippen molar-refractivity contribution in [1.82, 2.24) is 14.2 Å². The van der Waals surface area contributed by atoms with Crippen molar-refractivity contribution in [2.75, 3.05) is 26.0 Å². The molecule has 122 valence electrons. The number of alkyl halides is 3. The molecule has 3 aliphatic heterocycles. The second-order valence-corrected chi connectivity index (χ2v) is 6.54. The van der Waals surface area contributed by atoms with Gasteiger partial charge in [-0.15, -0.1) is 0 Å². The summed E-state index contributed by atoms with van der Waals surface area (Å²) in [6, 6.07) is 4.45. The van der Waals surface area contributed by atoms with E-state index in [-0.39, 0.29) is 5.88 Å². The van der Waals surface area contributed by atoms with Crippen LogP contribution in [0.4, 0.5) is 13.2 Å². The Morgan fingerprint density at radius 2 is 2.05 bits per heavy atom. The summed E-state index contributed by atoms with van der Waals surface area (Å²) in [6.45, 7) is 1.62. The van der Waals surface area contributed by atoms with Crippen molar-refractivity contribution < 1.29 is 17.9 Å². The molecule has 3 saturated heterocycles. The summed E-state index contributed by atoms with van der Waals surface area (Å²) >= 11 is 1.78. The molecule has 0 saturated carbocycles. The van der Waals surface area contributed by atoms with Crippen molar-refractivity contribution in [3.8, 4) is 5.88 Å². The molecule has 3 aliphatic rings. The second kappa shape index (κ2) is 6.25. The van der Waals surface area contributed by atoms with Crippen molar-refractivity contribution >= 4 is 11.9 Å². The maximum absolute atomic E-state index is 12.1. The van der Waals surface area contributed by atoms with Crippen LogP contribution in [0.15, 0.2) is 18.3 Å². The van der Waals surface area contributed by atoms with Crippen LogP contribution in [0.5, 0.6) is 5.88 Å². The summed E-state index contributed by atoms with van der Waals surface area (Å²) in [4.78, 5) is 6.40. The fourth-order valence-electron chi connectivity index (χ4n) is 3.01. The van der Waals surface area contributed by atoms with Crippen LogP contribution in [0.1, 0.15) is 12.0 Å². The van der Waals surface area contributed by atoms with Gasteiger partial charge in [0.1, 0.15) is 0 Å². The molecule has 1 aromatic heterocycles. The number of pyridine rings is 1. The number of piperazine rings is 1. The number of hydrogen-bond donors (Lipinski definition) is 0. The molecule has 2 bridgehead atoms. The lowest BCUT2D eigenvalue weighted by Gasteiger charge is -2.56. The van der Waals surface area contributed by atoms with Crippen LogP contribution >= 0.6 is 11.9 Å². The summed E-state index contributed by atoms with van der Waals surface area (Å²) in [7, 11) is 0. The summed E-state index contributed by atoms with van der Waals surface area (Å²) in [5.74, 6) is 0.0124. The number of hydrogen-bond acceptors (Lipinski definition) is 5. The minimum Gasteiger partial charge on any atom is -0.468 e. The molecule has 2 unspecified atom stereocenters. The Morgan fingerprint density at radius 1 is 1.32 bits per heavy atom. The van der Waals surface area contributed by atoms with Gasteiger partial charge in [-0.2, -0.15) is 13.2 Å². The molecule has 22 heavy (non-hydrogen) atoms. The number of aromatic nitrogens is 1. The minimum atomic E-state index is -4.33. The van der Waals surface area contributed by atoms with Gasteiger partial charge in [0.25, 0.3) is 0 Å². The molecule has 4 heterocycles. The lowest BCUT2D eigenvalue weighted by Crippen LogP contribution is -2.66. The largest absolute Gasteiger partial charge is 0.468 e. The van der Waals surface area contributed by atoms with Crippen molar-refractivity contribution in [2.45, 2.75) is 31.2 Å². The fourth-order valence-corrected chi connectivity index (χ4v) is 3.65. The molecule has 3 fully saturated rings. The summed E-state index contributed by atoms with van der Waals surface area (Å²) < 4.78 is 43.2. The van der Waals surface area contributed by atoms with Gasteiger partial charge in [-0.25, -0.2) is 9.29 Å². The first-order valence-electron chi connectivity index (χ1n) is 7.14. The van der Waals surface area contributed by atoms with E-state index < -0.39 is 12.8 Å². The molecule has 0 spiro atoms. The molecule has 0 amide bonds. The third kappa shape index (κ3) is 3.67. The van der Waals surface area contributed by atoms with E-state index in [9.17, 15) is 13.2 Å². The third-order valence-electron chi connectivity index (χ3n) is 4.12. The van der Waals surface area contributed by atoms with E-state index in [1.54, 1.807) is 24.2 Å². The predicted molar refractivity (Wildman–Crippen MR) is 78.6 cm³/mol. The van der Waals surface area contributed by atoms with Gasteiger partial charge in [-0.3, -0.25) is 4.90 Å². The molecular formula is C14H18F3N3OS. The maximum Gasteiger partial charge on any atom is 0.422 e. The van der Waals surface area contributed by atoms with Crippen molar-refractivity contribution in [3.63, 3.8) is 0 Å². The van der Waals surface area contributed by atoms with Crippen LogP contribution in [0, 0.1) is 0 Å². The Labute approximate surface area is 131 Å². The maximum atomic E-state index is 12.1. The molecule has 0 aliphatic carbocycles. The first-order valence-corrected chi connectivity index (χ1v) is 8.32. The lowest BCUT2D eigenvalue weighted by molar-refractivity contribution is -0.154. The van der Waals surface area contributed by atoms with Crippen LogP contribution in [-0.4, -0.2) is 58.4 Å². The van der Waals surface area contributed by atoms with E-state index in [1.807, 2.05) is 0 Å². The Morgan fingerprint density at radius 3 is 2.59 bits per heavy atom. The highest BCUT2D eigenvalue weighted by atomic mass is 32.2. The van der Waals surface area contributed by atoms with Crippen LogP contribution in [0.3, 0.4) is 0 Å². The van der Waals surface area contributed by atoms with Crippen molar-refractivity contribution in [1.29, 1.82) is 0 Å². The van der Waals surface area contributed by atoms with Crippen LogP contribution in [0.25, 0.3) is 0 Å². The number of ether oxygens (including phenoxy) is 1. The average Bonchev–Trinajstić information content (AvgIpc) is 2.51. The fraction of sp³-hybridized carbons (Fsp3) is 0.643. The standard InChI is InChI=1S/C14H18F3N3OS/c1-22-19-7-11-4-12(8-19)20(11)6-10-2-3-13(18-5-10)21-9-14(15,16)17/h2-3,5,11-12H,4,6-9H2,1H3. The zero-order valence-corrected chi connectivity index (χ0v) is 13.0. The highest BCUT2D eigenvalue weighted by Crippen LogP contribution is 2.35. The van der Waals surface area contributed by atoms with Gasteiger partial charge in [-0.05, 0) is 18.2 Å². The van der Waals surface area contributed by atoms with Gasteiger partial charge >= 0.3 is 6.18 Å². The number of fused-ring (bicyclic) bond motifs is 2. The van der Waals surface area contributed by atoms with Gasteiger partial charge in [0.05, 0.1) is 0 Å². The van der Waals surface area contributed by atoms with E-state index in [2.05, 4.69) is 25.2 Å². The van der Waals surface area contributed by atoms with E-state index in [4.69, 9.17) is 0 Å². The Balaban J connectivity index is 1.52. The zero-order chi connectivity index (χ0) is 15.7. The molecule has 4 rings (SSSR count). The molecule has 0 aromatic carbocycles. The monoisotopic (exact) mass is 333 g/mol. The summed E-state index contributed by atoms with van der Waals surface area (Å²) in [5, 5.41) is 0. The van der Waals surface area contributed by atoms with Gasteiger partial charge in [0.15, 0.2) is 6.61 Å². The molecule has 1 aromatic rings. The molecule has 2 atom stereocenters. The number of piperidine rings is 1. The van der Waals surface area contributed by atoms with E-state index >= 15 is 0 Å². The Bertz CT molecular complexity index is 499. The SMILES string of the molecule is CSN1CC2CC(C1)N2Cc1ccc(OCC(F)(F)F)nc1. The molecule has 8 heteroatoms. The summed E-state index contributed by atoms with van der Waals surface area (Å²) in [6.07, 6.45) is 0.598. The normalized spacial score (nSPS) is 25.8. The average molecular weight is 333 g/mol. The quantitative estimate of drug-likeness (QED) is 0.773. The van der Waals surface area contributed by atoms with Crippen LogP contribution in [0.2, 0.25) is 0 Å². The molecular weight excluding hydrogens is 315 g/mol. The smallest absolute Gasteiger partial charge is 0.422 e. The third-order valence-corrected chi connectivity index (χ3v) is 4.93. The molecule has 0 radical (unpaired) electrons. The lowest BCUT2D eigenvalue weighted by atomic mass is 9.88. The van der Waals surface area contributed by atoms with Crippen LogP contribution in [-0.2, 0) is 6.54 Å². The number of rotatable bonds is 5. The molecule has 0 N–H and O–H groups in total. The predicted octanol–water partition coefficient (Wildman–Crippen LogP) is 2.56. The molecule has 4 nitrogen and oxygen atoms in total. The number of nitrogens with zero attached hydrogens (tertiary/aromatic N) is 3. The minimum absolute atomic E-state index is 0.0124. The Kier molecular flexibility index (Phi) is 4.52. The van der Waals surface area contributed by atoms with Crippen molar-refractivity contribution in [3.05, 3.63) is 23.9 Å². The van der Waals surface area contributed by atoms with E-state index in [1.165, 1.54) is 12.5 Å². The van der Waals surface area contributed by atoms with Gasteiger partial charge < -0.3 is 4.74 Å². The van der Waals surface area contributed by atoms with Gasteiger partial charge in [0, 0.05) is 44.0 Å². The first kappa shape index (κ1) is 15.9. The Hall–Kier alpha value is -0.990. The highest BCUT2D eigenvalue weighted by Gasteiger charge is 2.44. The highest BCUT2D eigenvalue weighted by molar-refractivity contribution is 7.96. The number of halogens is 3. The van der Waals surface area contributed by atoms with Crippen LogP contribution < -0.4 is 4.74 Å². The topological polar surface area (TPSA) is 28.6 Å². The summed E-state index contributed by atoms with van der Waals surface area (Å²) in [5.41, 5.74) is 1.01. The van der Waals surface area contributed by atoms with E-state index in [0.717, 1.165) is 25.2 Å². The van der Waals surface area contributed by atoms with Crippen molar-refractivity contribution in [2.24, 2.45) is 0 Å². The van der Waals surface area contributed by atoms with E-state index in [0.29, 0.717) is 12.1 Å². The second-order valence-electron chi connectivity index (χ2n) is 5.65.